The third kappa shape index (κ3) is 5.45. The molecule has 148 valence electrons. The molecule has 7 heteroatoms. The molecule has 2 aromatic carbocycles. The molecule has 0 unspecified atom stereocenters. The number of aryl methyl sites for hydroxylation is 1. The van der Waals surface area contributed by atoms with Crippen LogP contribution in [0.5, 0.6) is 0 Å². The number of rotatable bonds is 5. The van der Waals surface area contributed by atoms with Gasteiger partial charge in [0.1, 0.15) is 5.82 Å². The Hall–Kier alpha value is -3.09. The highest BCUT2D eigenvalue weighted by Crippen LogP contribution is 2.16. The number of likely N-dealkylation sites (tertiary alicyclic amines) is 1. The largest absolute Gasteiger partial charge is 0.399 e. The number of nitrogens with two attached hydrogens (primary N) is 1. The van der Waals surface area contributed by atoms with E-state index >= 15 is 0 Å². The SMILES string of the molecule is Nc1ccccc1CCC(=O)N1CCC(NC(=O)Nc2ccc(F)cc2)CC1. The van der Waals surface area contributed by atoms with E-state index in [1.165, 1.54) is 24.3 Å². The van der Waals surface area contributed by atoms with Gasteiger partial charge in [0.2, 0.25) is 5.91 Å². The highest BCUT2D eigenvalue weighted by Gasteiger charge is 2.23. The highest BCUT2D eigenvalue weighted by atomic mass is 19.1. The number of carbonyl (C=O) groups is 2. The van der Waals surface area contributed by atoms with E-state index in [0.717, 1.165) is 5.56 Å². The Balaban J connectivity index is 1.40. The van der Waals surface area contributed by atoms with Gasteiger partial charge in [0.25, 0.3) is 0 Å². The summed E-state index contributed by atoms with van der Waals surface area (Å²) in [6, 6.07) is 12.9. The zero-order chi connectivity index (χ0) is 19.9. The minimum absolute atomic E-state index is 0.00858. The summed E-state index contributed by atoms with van der Waals surface area (Å²) >= 11 is 0. The maximum absolute atomic E-state index is 12.9. The first-order valence-electron chi connectivity index (χ1n) is 9.45. The molecule has 1 saturated heterocycles. The van der Waals surface area contributed by atoms with E-state index in [9.17, 15) is 14.0 Å². The fourth-order valence-electron chi connectivity index (χ4n) is 3.32. The average Bonchev–Trinajstić information content (AvgIpc) is 2.69. The number of urea groups is 1. The zero-order valence-corrected chi connectivity index (χ0v) is 15.7. The van der Waals surface area contributed by atoms with Gasteiger partial charge in [-0.1, -0.05) is 18.2 Å². The summed E-state index contributed by atoms with van der Waals surface area (Å²) in [6.07, 6.45) is 2.47. The predicted octanol–water partition coefficient (Wildman–Crippen LogP) is 3.15. The molecule has 0 bridgehead atoms. The normalized spacial score (nSPS) is 14.5. The standard InChI is InChI=1S/C21H25FN4O2/c22-16-6-8-17(9-7-16)24-21(28)25-18-11-13-26(14-12-18)20(27)10-5-15-3-1-2-4-19(15)23/h1-4,6-9,18H,5,10-14,23H2,(H2,24,25,28). The van der Waals surface area contributed by atoms with Crippen molar-refractivity contribution >= 4 is 23.3 Å². The second-order valence-corrected chi connectivity index (χ2v) is 6.96. The van der Waals surface area contributed by atoms with Crippen LogP contribution in [0.4, 0.5) is 20.6 Å². The molecule has 1 fully saturated rings. The van der Waals surface area contributed by atoms with Gasteiger partial charge in [-0.05, 0) is 55.2 Å². The molecule has 28 heavy (non-hydrogen) atoms. The molecule has 3 amide bonds. The Morgan fingerprint density at radius 2 is 1.75 bits per heavy atom. The molecule has 4 N–H and O–H groups in total. The summed E-state index contributed by atoms with van der Waals surface area (Å²) in [7, 11) is 0. The van der Waals surface area contributed by atoms with Crippen LogP contribution in [0.3, 0.4) is 0 Å². The van der Waals surface area contributed by atoms with Gasteiger partial charge in [-0.3, -0.25) is 4.79 Å². The number of para-hydroxylation sites is 1. The van der Waals surface area contributed by atoms with Crippen molar-refractivity contribution in [3.05, 3.63) is 59.9 Å². The van der Waals surface area contributed by atoms with Gasteiger partial charge >= 0.3 is 6.03 Å². The summed E-state index contributed by atoms with van der Waals surface area (Å²) in [5.41, 5.74) is 8.16. The molecular formula is C21H25FN4O2. The first-order valence-corrected chi connectivity index (χ1v) is 9.45. The molecule has 1 heterocycles. The minimum Gasteiger partial charge on any atom is -0.399 e. The number of amides is 3. The van der Waals surface area contributed by atoms with Gasteiger partial charge in [0, 0.05) is 36.9 Å². The lowest BCUT2D eigenvalue weighted by atomic mass is 10.0. The van der Waals surface area contributed by atoms with Crippen molar-refractivity contribution in [2.45, 2.75) is 31.7 Å². The fourth-order valence-corrected chi connectivity index (χ4v) is 3.32. The average molecular weight is 384 g/mol. The molecule has 1 aliphatic heterocycles. The lowest BCUT2D eigenvalue weighted by Crippen LogP contribution is -2.47. The molecule has 0 saturated carbocycles. The zero-order valence-electron chi connectivity index (χ0n) is 15.7. The van der Waals surface area contributed by atoms with Crippen LogP contribution in [-0.4, -0.2) is 36.0 Å². The number of halogens is 1. The second-order valence-electron chi connectivity index (χ2n) is 6.96. The third-order valence-electron chi connectivity index (χ3n) is 4.95. The number of nitrogens with one attached hydrogen (secondary N) is 2. The molecule has 2 aromatic rings. The molecule has 0 spiro atoms. The van der Waals surface area contributed by atoms with Gasteiger partial charge in [-0.2, -0.15) is 0 Å². The Bertz CT molecular complexity index is 817. The minimum atomic E-state index is -0.349. The second kappa shape index (κ2) is 9.21. The Morgan fingerprint density at radius 3 is 2.43 bits per heavy atom. The van der Waals surface area contributed by atoms with Crippen LogP contribution in [0, 0.1) is 5.82 Å². The molecule has 1 aliphatic rings. The van der Waals surface area contributed by atoms with Crippen molar-refractivity contribution in [1.82, 2.24) is 10.2 Å². The summed E-state index contributed by atoms with van der Waals surface area (Å²) in [5.74, 6) is -0.240. The van der Waals surface area contributed by atoms with Crippen LogP contribution in [0.25, 0.3) is 0 Å². The molecular weight excluding hydrogens is 359 g/mol. The number of carbonyl (C=O) groups excluding carboxylic acids is 2. The van der Waals surface area contributed by atoms with Crippen LogP contribution < -0.4 is 16.4 Å². The number of hydrogen-bond acceptors (Lipinski definition) is 3. The van der Waals surface area contributed by atoms with Gasteiger partial charge < -0.3 is 21.3 Å². The number of benzene rings is 2. The topological polar surface area (TPSA) is 87.5 Å². The van der Waals surface area contributed by atoms with Crippen LogP contribution in [0.2, 0.25) is 0 Å². The van der Waals surface area contributed by atoms with E-state index in [0.29, 0.717) is 50.1 Å². The first kappa shape index (κ1) is 19.7. The van der Waals surface area contributed by atoms with Gasteiger partial charge in [-0.25, -0.2) is 9.18 Å². The molecule has 0 atom stereocenters. The lowest BCUT2D eigenvalue weighted by molar-refractivity contribution is -0.132. The van der Waals surface area contributed by atoms with E-state index in [1.54, 1.807) is 0 Å². The Kier molecular flexibility index (Phi) is 6.47. The van der Waals surface area contributed by atoms with E-state index in [-0.39, 0.29) is 23.8 Å². The predicted molar refractivity (Wildman–Crippen MR) is 107 cm³/mol. The van der Waals surface area contributed by atoms with Crippen LogP contribution in [-0.2, 0) is 11.2 Å². The van der Waals surface area contributed by atoms with Crippen molar-refractivity contribution in [2.24, 2.45) is 0 Å². The number of nitrogens with zero attached hydrogens (tertiary/aromatic N) is 1. The van der Waals surface area contributed by atoms with Crippen molar-refractivity contribution in [1.29, 1.82) is 0 Å². The van der Waals surface area contributed by atoms with Crippen LogP contribution in [0.15, 0.2) is 48.5 Å². The quantitative estimate of drug-likeness (QED) is 0.692. The maximum atomic E-state index is 12.9. The van der Waals surface area contributed by atoms with Crippen molar-refractivity contribution in [2.75, 3.05) is 24.1 Å². The highest BCUT2D eigenvalue weighted by molar-refractivity contribution is 5.89. The number of hydrogen-bond donors (Lipinski definition) is 3. The lowest BCUT2D eigenvalue weighted by Gasteiger charge is -2.32. The van der Waals surface area contributed by atoms with E-state index in [4.69, 9.17) is 5.73 Å². The van der Waals surface area contributed by atoms with Crippen LogP contribution in [0.1, 0.15) is 24.8 Å². The molecule has 0 aliphatic carbocycles. The Labute approximate surface area is 163 Å². The van der Waals surface area contributed by atoms with Crippen LogP contribution >= 0.6 is 0 Å². The fraction of sp³-hybridized carbons (Fsp3) is 0.333. The van der Waals surface area contributed by atoms with Gasteiger partial charge in [-0.15, -0.1) is 0 Å². The summed E-state index contributed by atoms with van der Waals surface area (Å²) < 4.78 is 12.9. The van der Waals surface area contributed by atoms with Gasteiger partial charge in [0.15, 0.2) is 0 Å². The van der Waals surface area contributed by atoms with Gasteiger partial charge in [0.05, 0.1) is 0 Å². The van der Waals surface area contributed by atoms with E-state index in [1.807, 2.05) is 29.2 Å². The van der Waals surface area contributed by atoms with E-state index < -0.39 is 0 Å². The monoisotopic (exact) mass is 384 g/mol. The van der Waals surface area contributed by atoms with Crippen molar-refractivity contribution < 1.29 is 14.0 Å². The summed E-state index contributed by atoms with van der Waals surface area (Å²) in [6.45, 7) is 1.23. The summed E-state index contributed by atoms with van der Waals surface area (Å²) in [4.78, 5) is 26.3. The number of nitrogen functional groups attached to an aromatic ring is 1. The smallest absolute Gasteiger partial charge is 0.319 e. The van der Waals surface area contributed by atoms with Crippen molar-refractivity contribution in [3.63, 3.8) is 0 Å². The third-order valence-corrected chi connectivity index (χ3v) is 4.95. The molecule has 3 rings (SSSR count). The number of anilines is 2. The number of piperidine rings is 1. The van der Waals surface area contributed by atoms with Crippen molar-refractivity contribution in [3.8, 4) is 0 Å². The molecule has 6 nitrogen and oxygen atoms in total. The van der Waals surface area contributed by atoms with E-state index in [2.05, 4.69) is 10.6 Å². The molecule has 0 radical (unpaired) electrons. The first-order chi connectivity index (χ1) is 13.5. The molecule has 0 aromatic heterocycles. The summed E-state index contributed by atoms with van der Waals surface area (Å²) in [5, 5.41) is 5.59. The Morgan fingerprint density at radius 1 is 1.07 bits per heavy atom. The maximum Gasteiger partial charge on any atom is 0.319 e.